The molecular weight excluding hydrogens is 471 g/mol. The second-order valence-electron chi connectivity index (χ2n) is 7.02. The van der Waals surface area contributed by atoms with Crippen LogP contribution in [0.15, 0.2) is 23.3 Å². The summed E-state index contributed by atoms with van der Waals surface area (Å²) in [5, 5.41) is 3.26. The number of likely N-dealkylation sites (tertiary alicyclic amines) is 1. The molecule has 0 spiro atoms. The third-order valence-electron chi connectivity index (χ3n) is 5.04. The summed E-state index contributed by atoms with van der Waals surface area (Å²) in [6.07, 6.45) is 5.80. The van der Waals surface area contributed by atoms with Gasteiger partial charge >= 0.3 is 6.09 Å². The van der Waals surface area contributed by atoms with Gasteiger partial charge in [0.2, 0.25) is 0 Å². The number of nitrogens with zero attached hydrogens (tertiary/aromatic N) is 4. The topological polar surface area (TPSA) is 96.1 Å². The number of hydrogen-bond acceptors (Lipinski definition) is 5. The van der Waals surface area contributed by atoms with E-state index in [0.717, 1.165) is 37.3 Å². The Morgan fingerprint density at radius 3 is 2.61 bits per heavy atom. The number of anilines is 1. The summed E-state index contributed by atoms with van der Waals surface area (Å²) in [5.41, 5.74) is 7.07. The number of nitrogens with two attached hydrogens (primary N) is 1. The molecule has 1 aromatic heterocycles. The van der Waals surface area contributed by atoms with Crippen molar-refractivity contribution >= 4 is 41.8 Å². The predicted octanol–water partition coefficient (Wildman–Crippen LogP) is 2.33. The summed E-state index contributed by atoms with van der Waals surface area (Å²) < 4.78 is 5.04. The number of ether oxygens (including phenoxy) is 1. The molecule has 8 nitrogen and oxygen atoms in total. The number of hydrogen-bond donors (Lipinski definition) is 2. The van der Waals surface area contributed by atoms with Crippen LogP contribution in [0.4, 0.5) is 10.6 Å². The van der Waals surface area contributed by atoms with Gasteiger partial charge in [0.25, 0.3) is 0 Å². The zero-order valence-electron chi connectivity index (χ0n) is 16.5. The molecule has 0 atom stereocenters. The van der Waals surface area contributed by atoms with Crippen molar-refractivity contribution in [1.29, 1.82) is 0 Å². The highest BCUT2D eigenvalue weighted by molar-refractivity contribution is 14.0. The van der Waals surface area contributed by atoms with Gasteiger partial charge in [0.1, 0.15) is 5.82 Å². The molecule has 1 amide bonds. The molecule has 0 bridgehead atoms. The SMILES string of the molecule is CCOC(=O)N1CCC(NC(N)=NCc2ccc(N3CCCC3)nc2)CC1.I. The van der Waals surface area contributed by atoms with E-state index in [0.29, 0.717) is 32.2 Å². The van der Waals surface area contributed by atoms with Crippen molar-refractivity contribution in [2.75, 3.05) is 37.7 Å². The fourth-order valence-electron chi connectivity index (χ4n) is 3.50. The average Bonchev–Trinajstić information content (AvgIpc) is 3.22. The third kappa shape index (κ3) is 6.39. The average molecular weight is 502 g/mol. The normalized spacial score (nSPS) is 18.0. The van der Waals surface area contributed by atoms with Crippen LogP contribution in [-0.4, -0.2) is 60.8 Å². The zero-order chi connectivity index (χ0) is 19.1. The van der Waals surface area contributed by atoms with Gasteiger partial charge < -0.3 is 25.6 Å². The number of aromatic nitrogens is 1. The van der Waals surface area contributed by atoms with Crippen LogP contribution in [0, 0.1) is 0 Å². The number of pyridine rings is 1. The predicted molar refractivity (Wildman–Crippen MR) is 121 cm³/mol. The highest BCUT2D eigenvalue weighted by Gasteiger charge is 2.23. The van der Waals surface area contributed by atoms with Gasteiger partial charge in [-0.15, -0.1) is 24.0 Å². The smallest absolute Gasteiger partial charge is 0.409 e. The van der Waals surface area contributed by atoms with Crippen LogP contribution in [0.2, 0.25) is 0 Å². The van der Waals surface area contributed by atoms with E-state index in [2.05, 4.69) is 32.3 Å². The van der Waals surface area contributed by atoms with Crippen LogP contribution in [0.25, 0.3) is 0 Å². The standard InChI is InChI=1S/C19H30N6O2.HI/c1-2-27-19(26)25-11-7-16(8-12-25)23-18(20)22-14-15-5-6-17(21-13-15)24-9-3-4-10-24;/h5-6,13,16H,2-4,7-12,14H2,1H3,(H3,20,22,23);1H. The monoisotopic (exact) mass is 502 g/mol. The lowest BCUT2D eigenvalue weighted by Crippen LogP contribution is -2.48. The Labute approximate surface area is 183 Å². The van der Waals surface area contributed by atoms with Crippen molar-refractivity contribution in [2.45, 2.75) is 45.2 Å². The zero-order valence-corrected chi connectivity index (χ0v) is 18.8. The molecule has 156 valence electrons. The van der Waals surface area contributed by atoms with Crippen LogP contribution < -0.4 is 16.0 Å². The van der Waals surface area contributed by atoms with Gasteiger partial charge in [-0.3, -0.25) is 0 Å². The van der Waals surface area contributed by atoms with Gasteiger partial charge in [-0.05, 0) is 44.2 Å². The second kappa shape index (κ2) is 11.3. The number of carbonyl (C=O) groups excluding carboxylic acids is 1. The summed E-state index contributed by atoms with van der Waals surface area (Å²) in [6, 6.07) is 4.36. The van der Waals surface area contributed by atoms with Crippen molar-refractivity contribution in [1.82, 2.24) is 15.2 Å². The highest BCUT2D eigenvalue weighted by Crippen LogP contribution is 2.17. The van der Waals surface area contributed by atoms with Gasteiger partial charge in [0, 0.05) is 38.4 Å². The molecule has 0 aromatic carbocycles. The Kier molecular flexibility index (Phi) is 9.07. The summed E-state index contributed by atoms with van der Waals surface area (Å²) in [7, 11) is 0. The number of guanidine groups is 1. The molecule has 3 rings (SSSR count). The van der Waals surface area contributed by atoms with Crippen LogP contribution in [0.5, 0.6) is 0 Å². The molecule has 2 aliphatic heterocycles. The summed E-state index contributed by atoms with van der Waals surface area (Å²) >= 11 is 0. The molecule has 9 heteroatoms. The molecule has 0 radical (unpaired) electrons. The van der Waals surface area contributed by atoms with Crippen LogP contribution in [0.1, 0.15) is 38.2 Å². The Bertz CT molecular complexity index is 640. The number of halogens is 1. The number of carbonyl (C=O) groups is 1. The number of aliphatic imine (C=N–C) groups is 1. The van der Waals surface area contributed by atoms with Crippen molar-refractivity contribution in [2.24, 2.45) is 10.7 Å². The minimum Gasteiger partial charge on any atom is -0.450 e. The van der Waals surface area contributed by atoms with Gasteiger partial charge in [0.05, 0.1) is 13.2 Å². The molecule has 3 heterocycles. The van der Waals surface area contributed by atoms with Crippen molar-refractivity contribution in [3.05, 3.63) is 23.9 Å². The third-order valence-corrected chi connectivity index (χ3v) is 5.04. The van der Waals surface area contributed by atoms with E-state index in [1.54, 1.807) is 4.90 Å². The number of nitrogens with one attached hydrogen (secondary N) is 1. The summed E-state index contributed by atoms with van der Waals surface area (Å²) in [4.78, 5) is 24.7. The van der Waals surface area contributed by atoms with Gasteiger partial charge in [-0.1, -0.05) is 6.07 Å². The fraction of sp³-hybridized carbons (Fsp3) is 0.632. The number of amides is 1. The van der Waals surface area contributed by atoms with E-state index in [1.165, 1.54) is 12.8 Å². The lowest BCUT2D eigenvalue weighted by atomic mass is 10.1. The molecule has 28 heavy (non-hydrogen) atoms. The number of piperidine rings is 1. The first-order valence-corrected chi connectivity index (χ1v) is 9.83. The van der Waals surface area contributed by atoms with Gasteiger partial charge in [-0.25, -0.2) is 14.8 Å². The van der Waals surface area contributed by atoms with E-state index in [9.17, 15) is 4.79 Å². The van der Waals surface area contributed by atoms with Gasteiger partial charge in [-0.2, -0.15) is 0 Å². The Balaban J connectivity index is 0.00000280. The molecule has 2 aliphatic rings. The van der Waals surface area contributed by atoms with Crippen molar-refractivity contribution < 1.29 is 9.53 Å². The molecular formula is C19H31IN6O2. The first-order valence-electron chi connectivity index (χ1n) is 9.83. The van der Waals surface area contributed by atoms with E-state index in [-0.39, 0.29) is 36.1 Å². The molecule has 3 N–H and O–H groups in total. The van der Waals surface area contributed by atoms with Crippen LogP contribution >= 0.6 is 24.0 Å². The fourth-order valence-corrected chi connectivity index (χ4v) is 3.50. The van der Waals surface area contributed by atoms with E-state index < -0.39 is 0 Å². The van der Waals surface area contributed by atoms with E-state index in [4.69, 9.17) is 10.5 Å². The maximum Gasteiger partial charge on any atom is 0.409 e. The molecule has 0 aliphatic carbocycles. The van der Waals surface area contributed by atoms with Gasteiger partial charge in [0.15, 0.2) is 5.96 Å². The summed E-state index contributed by atoms with van der Waals surface area (Å²) in [5.74, 6) is 1.48. The number of rotatable bonds is 5. The minimum absolute atomic E-state index is 0. The first-order chi connectivity index (χ1) is 13.2. The van der Waals surface area contributed by atoms with Crippen molar-refractivity contribution in [3.63, 3.8) is 0 Å². The second-order valence-corrected chi connectivity index (χ2v) is 7.02. The molecule has 2 fully saturated rings. The lowest BCUT2D eigenvalue weighted by molar-refractivity contribution is 0.0963. The van der Waals surface area contributed by atoms with E-state index in [1.807, 2.05) is 13.1 Å². The molecule has 1 aromatic rings. The molecule has 0 saturated carbocycles. The molecule has 0 unspecified atom stereocenters. The lowest BCUT2D eigenvalue weighted by Gasteiger charge is -2.31. The maximum atomic E-state index is 11.7. The quantitative estimate of drug-likeness (QED) is 0.365. The van der Waals surface area contributed by atoms with Crippen LogP contribution in [-0.2, 0) is 11.3 Å². The molecule has 2 saturated heterocycles. The Hall–Kier alpha value is -1.78. The van der Waals surface area contributed by atoms with E-state index >= 15 is 0 Å². The maximum absolute atomic E-state index is 11.7. The largest absolute Gasteiger partial charge is 0.450 e. The Morgan fingerprint density at radius 2 is 2.00 bits per heavy atom. The summed E-state index contributed by atoms with van der Waals surface area (Å²) in [6.45, 7) is 6.27. The first kappa shape index (κ1) is 22.5. The Morgan fingerprint density at radius 1 is 1.29 bits per heavy atom. The van der Waals surface area contributed by atoms with Crippen LogP contribution in [0.3, 0.4) is 0 Å². The highest BCUT2D eigenvalue weighted by atomic mass is 127. The van der Waals surface area contributed by atoms with Crippen molar-refractivity contribution in [3.8, 4) is 0 Å². The minimum atomic E-state index is -0.234.